The van der Waals surface area contributed by atoms with Crippen LogP contribution in [0.1, 0.15) is 12.8 Å². The Balaban J connectivity index is 1.89. The number of imide groups is 1. The molecule has 1 aliphatic heterocycles. The summed E-state index contributed by atoms with van der Waals surface area (Å²) in [7, 11) is 0. The summed E-state index contributed by atoms with van der Waals surface area (Å²) in [6.07, 6.45) is 0.524. The Morgan fingerprint density at radius 3 is 2.58 bits per heavy atom. The van der Waals surface area contributed by atoms with E-state index in [0.717, 1.165) is 0 Å². The highest BCUT2D eigenvalue weighted by molar-refractivity contribution is 6.30. The third-order valence-electron chi connectivity index (χ3n) is 2.65. The first kappa shape index (κ1) is 13.4. The molecule has 1 atom stereocenters. The SMILES string of the molecule is O=C1CCC(NC(=O)Nc2ccc(Cl)cc2)C(=O)N1. The number of nitrogens with one attached hydrogen (secondary N) is 3. The van der Waals surface area contributed by atoms with Gasteiger partial charge < -0.3 is 10.6 Å². The summed E-state index contributed by atoms with van der Waals surface area (Å²) in [5.74, 6) is -0.802. The summed E-state index contributed by atoms with van der Waals surface area (Å²) in [6, 6.07) is 5.38. The van der Waals surface area contributed by atoms with Crippen molar-refractivity contribution < 1.29 is 14.4 Å². The van der Waals surface area contributed by atoms with Gasteiger partial charge in [-0.1, -0.05) is 11.6 Å². The van der Waals surface area contributed by atoms with Gasteiger partial charge in [0.25, 0.3) is 0 Å². The van der Waals surface area contributed by atoms with Gasteiger partial charge in [-0.15, -0.1) is 0 Å². The molecular weight excluding hydrogens is 270 g/mol. The van der Waals surface area contributed by atoms with Crippen LogP contribution < -0.4 is 16.0 Å². The largest absolute Gasteiger partial charge is 0.326 e. The molecule has 0 aliphatic carbocycles. The van der Waals surface area contributed by atoms with Crippen LogP contribution in [0.15, 0.2) is 24.3 Å². The molecule has 1 heterocycles. The first-order valence-electron chi connectivity index (χ1n) is 5.71. The lowest BCUT2D eigenvalue weighted by Crippen LogP contribution is -2.53. The first-order valence-corrected chi connectivity index (χ1v) is 6.09. The highest BCUT2D eigenvalue weighted by Gasteiger charge is 2.27. The molecule has 0 bridgehead atoms. The molecule has 100 valence electrons. The minimum absolute atomic E-state index is 0.220. The predicted octanol–water partition coefficient (Wildman–Crippen LogP) is 1.27. The molecule has 0 radical (unpaired) electrons. The van der Waals surface area contributed by atoms with Crippen LogP contribution >= 0.6 is 11.6 Å². The molecule has 0 spiro atoms. The van der Waals surface area contributed by atoms with E-state index in [4.69, 9.17) is 11.6 Å². The number of rotatable bonds is 2. The van der Waals surface area contributed by atoms with E-state index >= 15 is 0 Å². The van der Waals surface area contributed by atoms with Crippen LogP contribution in [0.5, 0.6) is 0 Å². The van der Waals surface area contributed by atoms with E-state index < -0.39 is 18.0 Å². The molecule has 3 N–H and O–H groups in total. The minimum atomic E-state index is -0.690. The fraction of sp³-hybridized carbons (Fsp3) is 0.250. The van der Waals surface area contributed by atoms with Gasteiger partial charge >= 0.3 is 6.03 Å². The smallest absolute Gasteiger partial charge is 0.319 e. The van der Waals surface area contributed by atoms with Crippen molar-refractivity contribution in [2.45, 2.75) is 18.9 Å². The summed E-state index contributed by atoms with van der Waals surface area (Å²) in [4.78, 5) is 34.1. The number of carbonyl (C=O) groups excluding carboxylic acids is 3. The number of halogens is 1. The Morgan fingerprint density at radius 1 is 1.26 bits per heavy atom. The molecule has 19 heavy (non-hydrogen) atoms. The second-order valence-electron chi connectivity index (χ2n) is 4.11. The van der Waals surface area contributed by atoms with Crippen molar-refractivity contribution in [3.8, 4) is 0 Å². The van der Waals surface area contributed by atoms with Crippen molar-refractivity contribution in [2.24, 2.45) is 0 Å². The Bertz CT molecular complexity index is 515. The number of amides is 4. The van der Waals surface area contributed by atoms with Crippen LogP contribution in [0, 0.1) is 0 Å². The van der Waals surface area contributed by atoms with E-state index in [0.29, 0.717) is 17.1 Å². The van der Waals surface area contributed by atoms with Crippen LogP contribution in [0.4, 0.5) is 10.5 Å². The molecule has 6 nitrogen and oxygen atoms in total. The maximum absolute atomic E-state index is 11.7. The van der Waals surface area contributed by atoms with Crippen molar-refractivity contribution in [1.82, 2.24) is 10.6 Å². The quantitative estimate of drug-likeness (QED) is 0.713. The zero-order valence-corrected chi connectivity index (χ0v) is 10.7. The Morgan fingerprint density at radius 2 is 1.95 bits per heavy atom. The molecule has 0 saturated carbocycles. The summed E-state index contributed by atoms with van der Waals surface area (Å²) in [5.41, 5.74) is 0.564. The Hall–Kier alpha value is -2.08. The van der Waals surface area contributed by atoms with E-state index in [1.54, 1.807) is 24.3 Å². The van der Waals surface area contributed by atoms with Gasteiger partial charge in [0.1, 0.15) is 6.04 Å². The van der Waals surface area contributed by atoms with E-state index in [-0.39, 0.29) is 12.3 Å². The zero-order chi connectivity index (χ0) is 13.8. The lowest BCUT2D eigenvalue weighted by atomic mass is 10.1. The number of anilines is 1. The number of carbonyl (C=O) groups is 3. The molecule has 1 unspecified atom stereocenters. The maximum atomic E-state index is 11.7. The predicted molar refractivity (Wildman–Crippen MR) is 69.8 cm³/mol. The average Bonchev–Trinajstić information content (AvgIpc) is 2.36. The second-order valence-corrected chi connectivity index (χ2v) is 4.55. The van der Waals surface area contributed by atoms with Crippen molar-refractivity contribution in [3.63, 3.8) is 0 Å². The van der Waals surface area contributed by atoms with Crippen molar-refractivity contribution in [3.05, 3.63) is 29.3 Å². The lowest BCUT2D eigenvalue weighted by molar-refractivity contribution is -0.134. The third kappa shape index (κ3) is 3.69. The highest BCUT2D eigenvalue weighted by Crippen LogP contribution is 2.13. The van der Waals surface area contributed by atoms with Crippen LogP contribution in [0.3, 0.4) is 0 Å². The van der Waals surface area contributed by atoms with Gasteiger partial charge in [-0.05, 0) is 30.7 Å². The zero-order valence-electron chi connectivity index (χ0n) is 9.90. The molecule has 0 aromatic heterocycles. The molecule has 1 fully saturated rings. The minimum Gasteiger partial charge on any atom is -0.326 e. The second kappa shape index (κ2) is 5.71. The van der Waals surface area contributed by atoms with Gasteiger partial charge in [0.15, 0.2) is 0 Å². The van der Waals surface area contributed by atoms with Gasteiger partial charge in [-0.25, -0.2) is 4.79 Å². The van der Waals surface area contributed by atoms with Gasteiger partial charge in [0.05, 0.1) is 0 Å². The van der Waals surface area contributed by atoms with E-state index in [1.165, 1.54) is 0 Å². The van der Waals surface area contributed by atoms with Gasteiger partial charge in [0, 0.05) is 17.1 Å². The van der Waals surface area contributed by atoms with Crippen molar-refractivity contribution >= 4 is 35.1 Å². The first-order chi connectivity index (χ1) is 9.04. The topological polar surface area (TPSA) is 87.3 Å². The van der Waals surface area contributed by atoms with Crippen LogP contribution in [-0.4, -0.2) is 23.9 Å². The lowest BCUT2D eigenvalue weighted by Gasteiger charge is -2.21. The third-order valence-corrected chi connectivity index (χ3v) is 2.90. The van der Waals surface area contributed by atoms with E-state index in [1.807, 2.05) is 0 Å². The number of urea groups is 1. The molecular formula is C12H12ClN3O3. The number of piperidine rings is 1. The molecule has 2 rings (SSSR count). The summed E-state index contributed by atoms with van der Waals surface area (Å²) < 4.78 is 0. The Kier molecular flexibility index (Phi) is 4.01. The van der Waals surface area contributed by atoms with Crippen LogP contribution in [0.25, 0.3) is 0 Å². The Labute approximate surface area is 114 Å². The van der Waals surface area contributed by atoms with Gasteiger partial charge in [-0.2, -0.15) is 0 Å². The summed E-state index contributed by atoms with van der Waals surface area (Å²) in [5, 5.41) is 7.81. The molecule has 1 saturated heterocycles. The molecule has 1 aromatic carbocycles. The number of hydrogen-bond donors (Lipinski definition) is 3. The standard InChI is InChI=1S/C12H12ClN3O3/c13-7-1-3-8(4-2-7)14-12(19)15-9-5-6-10(17)16-11(9)18/h1-4,9H,5-6H2,(H2,14,15,19)(H,16,17,18). The van der Waals surface area contributed by atoms with Crippen LogP contribution in [0.2, 0.25) is 5.02 Å². The highest BCUT2D eigenvalue weighted by atomic mass is 35.5. The van der Waals surface area contributed by atoms with Crippen molar-refractivity contribution in [2.75, 3.05) is 5.32 Å². The summed E-state index contributed by atoms with van der Waals surface area (Å²) >= 11 is 5.72. The monoisotopic (exact) mass is 281 g/mol. The normalized spacial score (nSPS) is 18.7. The molecule has 7 heteroatoms. The number of hydrogen-bond acceptors (Lipinski definition) is 3. The van der Waals surface area contributed by atoms with Crippen molar-refractivity contribution in [1.29, 1.82) is 0 Å². The molecule has 1 aliphatic rings. The average molecular weight is 282 g/mol. The van der Waals surface area contributed by atoms with Crippen LogP contribution in [-0.2, 0) is 9.59 Å². The maximum Gasteiger partial charge on any atom is 0.319 e. The summed E-state index contributed by atoms with van der Waals surface area (Å²) in [6.45, 7) is 0. The van der Waals surface area contributed by atoms with Gasteiger partial charge in [0.2, 0.25) is 11.8 Å². The number of benzene rings is 1. The fourth-order valence-corrected chi connectivity index (χ4v) is 1.82. The van der Waals surface area contributed by atoms with E-state index in [2.05, 4.69) is 16.0 Å². The van der Waals surface area contributed by atoms with E-state index in [9.17, 15) is 14.4 Å². The fourth-order valence-electron chi connectivity index (χ4n) is 1.69. The van der Waals surface area contributed by atoms with Gasteiger partial charge in [-0.3, -0.25) is 14.9 Å². The molecule has 1 aromatic rings. The molecule has 4 amide bonds.